The molecule has 0 spiro atoms. The molecule has 0 aliphatic heterocycles. The van der Waals surface area contributed by atoms with Crippen LogP contribution in [0, 0.1) is 12.8 Å². The molecule has 0 saturated carbocycles. The van der Waals surface area contributed by atoms with Crippen molar-refractivity contribution in [3.8, 4) is 0 Å². The Labute approximate surface area is 119 Å². The second-order valence-corrected chi connectivity index (χ2v) is 5.73. The van der Waals surface area contributed by atoms with E-state index in [2.05, 4.69) is 57.3 Å². The van der Waals surface area contributed by atoms with Gasteiger partial charge < -0.3 is 5.32 Å². The number of hydrogen-bond acceptors (Lipinski definition) is 1. The Morgan fingerprint density at radius 3 is 2.42 bits per heavy atom. The average Bonchev–Trinajstić information content (AvgIpc) is 2.43. The van der Waals surface area contributed by atoms with Crippen LogP contribution in [0.5, 0.6) is 0 Å². The van der Waals surface area contributed by atoms with E-state index >= 15 is 0 Å². The molecule has 0 heterocycles. The summed E-state index contributed by atoms with van der Waals surface area (Å²) >= 11 is 0. The highest BCUT2D eigenvalue weighted by atomic mass is 14.8. The maximum Gasteiger partial charge on any atom is 0.00202 e. The standard InChI is InChI=1S/C18H31N/c1-5-11-19-14-18(13-16(6-2)7-3)17-10-8-9-15(4)12-17/h8-10,12,16,18-19H,5-7,11,13-14H2,1-4H3. The molecule has 1 heteroatoms. The van der Waals surface area contributed by atoms with Crippen molar-refractivity contribution in [2.75, 3.05) is 13.1 Å². The first-order valence-electron chi connectivity index (χ1n) is 7.98. The third kappa shape index (κ3) is 5.78. The van der Waals surface area contributed by atoms with Crippen LogP contribution in [0.2, 0.25) is 0 Å². The maximum absolute atomic E-state index is 3.61. The molecule has 0 fully saturated rings. The van der Waals surface area contributed by atoms with Crippen molar-refractivity contribution in [1.29, 1.82) is 0 Å². The SMILES string of the molecule is CCCNCC(CC(CC)CC)c1cccc(C)c1. The first-order valence-corrected chi connectivity index (χ1v) is 7.98. The number of nitrogens with one attached hydrogen (secondary N) is 1. The molecule has 1 aromatic rings. The van der Waals surface area contributed by atoms with E-state index in [0.717, 1.165) is 19.0 Å². The molecule has 0 radical (unpaired) electrons. The molecule has 0 bridgehead atoms. The first kappa shape index (κ1) is 16.2. The Morgan fingerprint density at radius 2 is 1.84 bits per heavy atom. The van der Waals surface area contributed by atoms with Gasteiger partial charge in [-0.05, 0) is 43.7 Å². The van der Waals surface area contributed by atoms with Gasteiger partial charge in [-0.2, -0.15) is 0 Å². The van der Waals surface area contributed by atoms with Gasteiger partial charge in [0, 0.05) is 6.54 Å². The van der Waals surface area contributed by atoms with E-state index in [0.29, 0.717) is 5.92 Å². The molecule has 1 aromatic carbocycles. The largest absolute Gasteiger partial charge is 0.316 e. The molecule has 0 aliphatic rings. The molecule has 19 heavy (non-hydrogen) atoms. The smallest absolute Gasteiger partial charge is 0.00202 e. The van der Waals surface area contributed by atoms with Crippen molar-refractivity contribution in [2.24, 2.45) is 5.92 Å². The summed E-state index contributed by atoms with van der Waals surface area (Å²) in [4.78, 5) is 0. The summed E-state index contributed by atoms with van der Waals surface area (Å²) < 4.78 is 0. The van der Waals surface area contributed by atoms with E-state index < -0.39 is 0 Å². The highest BCUT2D eigenvalue weighted by molar-refractivity contribution is 5.25. The van der Waals surface area contributed by atoms with Crippen molar-refractivity contribution in [3.63, 3.8) is 0 Å². The summed E-state index contributed by atoms with van der Waals surface area (Å²) in [5, 5.41) is 3.61. The van der Waals surface area contributed by atoms with Crippen LogP contribution in [0.3, 0.4) is 0 Å². The minimum Gasteiger partial charge on any atom is -0.316 e. The lowest BCUT2D eigenvalue weighted by molar-refractivity contribution is 0.398. The normalized spacial score (nSPS) is 12.9. The second kappa shape index (κ2) is 9.14. The van der Waals surface area contributed by atoms with Crippen molar-refractivity contribution < 1.29 is 0 Å². The van der Waals surface area contributed by atoms with Gasteiger partial charge in [0.25, 0.3) is 0 Å². The van der Waals surface area contributed by atoms with Crippen molar-refractivity contribution in [1.82, 2.24) is 5.32 Å². The number of aryl methyl sites for hydroxylation is 1. The van der Waals surface area contributed by atoms with Gasteiger partial charge in [-0.25, -0.2) is 0 Å². The lowest BCUT2D eigenvalue weighted by atomic mass is 9.85. The molecule has 0 aliphatic carbocycles. The monoisotopic (exact) mass is 261 g/mol. The van der Waals surface area contributed by atoms with Gasteiger partial charge in [0.2, 0.25) is 0 Å². The molecule has 0 aromatic heterocycles. The Balaban J connectivity index is 2.73. The van der Waals surface area contributed by atoms with Crippen LogP contribution in [0.4, 0.5) is 0 Å². The zero-order valence-corrected chi connectivity index (χ0v) is 13.2. The molecule has 0 saturated heterocycles. The van der Waals surface area contributed by atoms with Gasteiger partial charge in [0.1, 0.15) is 0 Å². The molecule has 1 unspecified atom stereocenters. The third-order valence-corrected chi connectivity index (χ3v) is 4.10. The van der Waals surface area contributed by atoms with Crippen LogP contribution >= 0.6 is 0 Å². The van der Waals surface area contributed by atoms with Crippen LogP contribution in [0.15, 0.2) is 24.3 Å². The van der Waals surface area contributed by atoms with Crippen LogP contribution in [-0.2, 0) is 0 Å². The number of benzene rings is 1. The van der Waals surface area contributed by atoms with E-state index in [-0.39, 0.29) is 0 Å². The van der Waals surface area contributed by atoms with Crippen molar-refractivity contribution in [3.05, 3.63) is 35.4 Å². The lowest BCUT2D eigenvalue weighted by Gasteiger charge is -2.23. The van der Waals surface area contributed by atoms with Gasteiger partial charge in [-0.3, -0.25) is 0 Å². The maximum atomic E-state index is 3.61. The Morgan fingerprint density at radius 1 is 1.11 bits per heavy atom. The van der Waals surface area contributed by atoms with E-state index in [4.69, 9.17) is 0 Å². The molecule has 1 rings (SSSR count). The summed E-state index contributed by atoms with van der Waals surface area (Å²) in [7, 11) is 0. The van der Waals surface area contributed by atoms with Gasteiger partial charge in [-0.1, -0.05) is 63.4 Å². The van der Waals surface area contributed by atoms with E-state index in [9.17, 15) is 0 Å². The zero-order chi connectivity index (χ0) is 14.1. The highest BCUT2D eigenvalue weighted by Gasteiger charge is 2.16. The summed E-state index contributed by atoms with van der Waals surface area (Å²) in [6.45, 7) is 11.3. The average molecular weight is 261 g/mol. The summed E-state index contributed by atoms with van der Waals surface area (Å²) in [5.74, 6) is 1.52. The fraction of sp³-hybridized carbons (Fsp3) is 0.667. The number of rotatable bonds is 9. The minimum atomic E-state index is 0.663. The number of hydrogen-bond donors (Lipinski definition) is 1. The lowest BCUT2D eigenvalue weighted by Crippen LogP contribution is -2.24. The van der Waals surface area contributed by atoms with Crippen LogP contribution < -0.4 is 5.32 Å². The topological polar surface area (TPSA) is 12.0 Å². The molecular weight excluding hydrogens is 230 g/mol. The van der Waals surface area contributed by atoms with Crippen LogP contribution in [-0.4, -0.2) is 13.1 Å². The first-order chi connectivity index (χ1) is 9.21. The van der Waals surface area contributed by atoms with Gasteiger partial charge >= 0.3 is 0 Å². The predicted molar refractivity (Wildman–Crippen MR) is 85.8 cm³/mol. The van der Waals surface area contributed by atoms with Gasteiger partial charge in [0.05, 0.1) is 0 Å². The van der Waals surface area contributed by atoms with Crippen LogP contribution in [0.1, 0.15) is 63.5 Å². The quantitative estimate of drug-likeness (QED) is 0.623. The molecule has 1 nitrogen and oxygen atoms in total. The molecule has 1 N–H and O–H groups in total. The Bertz CT molecular complexity index is 341. The van der Waals surface area contributed by atoms with E-state index in [1.165, 1.54) is 36.8 Å². The second-order valence-electron chi connectivity index (χ2n) is 5.73. The van der Waals surface area contributed by atoms with E-state index in [1.54, 1.807) is 0 Å². The van der Waals surface area contributed by atoms with Crippen LogP contribution in [0.25, 0.3) is 0 Å². The van der Waals surface area contributed by atoms with Gasteiger partial charge in [0.15, 0.2) is 0 Å². The Hall–Kier alpha value is -0.820. The van der Waals surface area contributed by atoms with Crippen molar-refractivity contribution in [2.45, 2.75) is 59.3 Å². The van der Waals surface area contributed by atoms with Gasteiger partial charge in [-0.15, -0.1) is 0 Å². The summed E-state index contributed by atoms with van der Waals surface area (Å²) in [6.07, 6.45) is 5.12. The summed E-state index contributed by atoms with van der Waals surface area (Å²) in [6, 6.07) is 9.05. The molecule has 0 amide bonds. The predicted octanol–water partition coefficient (Wildman–Crippen LogP) is 4.90. The molecular formula is C18H31N. The van der Waals surface area contributed by atoms with E-state index in [1.807, 2.05) is 0 Å². The summed E-state index contributed by atoms with van der Waals surface area (Å²) in [5.41, 5.74) is 2.89. The fourth-order valence-electron chi connectivity index (χ4n) is 2.74. The molecule has 108 valence electrons. The fourth-order valence-corrected chi connectivity index (χ4v) is 2.74. The zero-order valence-electron chi connectivity index (χ0n) is 13.2. The minimum absolute atomic E-state index is 0.663. The Kier molecular flexibility index (Phi) is 7.81. The molecule has 1 atom stereocenters. The third-order valence-electron chi connectivity index (χ3n) is 4.10. The van der Waals surface area contributed by atoms with Crippen molar-refractivity contribution >= 4 is 0 Å². The highest BCUT2D eigenvalue weighted by Crippen LogP contribution is 2.27.